The number of nitrogens with zero attached hydrogens (tertiary/aromatic N) is 2. The molecule has 1 fully saturated rings. The highest BCUT2D eigenvalue weighted by Gasteiger charge is 2.47. The van der Waals surface area contributed by atoms with Crippen molar-refractivity contribution in [2.24, 2.45) is 0 Å². The number of likely N-dealkylation sites (N-methyl/N-ethyl adjacent to an activating group) is 1. The first-order chi connectivity index (χ1) is 14.8. The van der Waals surface area contributed by atoms with Crippen LogP contribution >= 0.6 is 11.6 Å². The van der Waals surface area contributed by atoms with Crippen molar-refractivity contribution in [3.63, 3.8) is 0 Å². The number of para-hydroxylation sites is 1. The second-order valence-corrected chi connectivity index (χ2v) is 7.82. The van der Waals surface area contributed by atoms with Gasteiger partial charge < -0.3 is 24.4 Å². The Kier molecular flexibility index (Phi) is 6.87. The minimum atomic E-state index is -0.833. The number of aliphatic hydroxyl groups excluding tert-OH is 1. The molecule has 3 rings (SSSR count). The van der Waals surface area contributed by atoms with Crippen LogP contribution in [0.3, 0.4) is 0 Å². The third-order valence-electron chi connectivity index (χ3n) is 5.17. The molecule has 0 unspecified atom stereocenters. The number of aliphatic hydroxyl groups is 1. The van der Waals surface area contributed by atoms with E-state index in [1.165, 1.54) is 19.1 Å². The summed E-state index contributed by atoms with van der Waals surface area (Å²) in [5.41, 5.74) is 0.940. The number of likely N-dealkylation sites (tertiary alicyclic amines) is 1. The van der Waals surface area contributed by atoms with Gasteiger partial charge in [0.05, 0.1) is 25.8 Å². The lowest BCUT2D eigenvalue weighted by molar-refractivity contribution is -0.140. The Hall–Kier alpha value is -3.03. The first-order valence-corrected chi connectivity index (χ1v) is 10.1. The molecule has 164 valence electrons. The molecular weight excluding hydrogens is 420 g/mol. The second-order valence-electron chi connectivity index (χ2n) is 7.39. The third kappa shape index (κ3) is 4.38. The predicted octanol–water partition coefficient (Wildman–Crippen LogP) is 3.34. The van der Waals surface area contributed by atoms with Crippen LogP contribution in [0.25, 0.3) is 5.76 Å². The number of ketones is 1. The summed E-state index contributed by atoms with van der Waals surface area (Å²) in [7, 11) is 6.77. The smallest absolute Gasteiger partial charge is 0.295 e. The maximum Gasteiger partial charge on any atom is 0.295 e. The zero-order chi connectivity index (χ0) is 22.7. The van der Waals surface area contributed by atoms with Crippen molar-refractivity contribution in [2.75, 3.05) is 41.4 Å². The lowest BCUT2D eigenvalue weighted by Crippen LogP contribution is -2.35. The van der Waals surface area contributed by atoms with Crippen molar-refractivity contribution in [3.8, 4) is 11.5 Å². The number of carbonyl (C=O) groups excluding carboxylic acids is 2. The molecule has 1 amide bonds. The van der Waals surface area contributed by atoms with E-state index in [-0.39, 0.29) is 11.3 Å². The van der Waals surface area contributed by atoms with Crippen LogP contribution in [-0.2, 0) is 9.59 Å². The zero-order valence-corrected chi connectivity index (χ0v) is 18.6. The van der Waals surface area contributed by atoms with Gasteiger partial charge >= 0.3 is 0 Å². The first-order valence-electron chi connectivity index (χ1n) is 9.70. The fraction of sp³-hybridized carbons (Fsp3) is 0.304. The molecule has 0 aliphatic carbocycles. The van der Waals surface area contributed by atoms with Crippen LogP contribution in [0.5, 0.6) is 11.5 Å². The summed E-state index contributed by atoms with van der Waals surface area (Å²) in [6.07, 6.45) is 0. The summed E-state index contributed by atoms with van der Waals surface area (Å²) >= 11 is 5.96. The molecule has 31 heavy (non-hydrogen) atoms. The molecule has 1 N–H and O–H groups in total. The Bertz CT molecular complexity index is 1020. The van der Waals surface area contributed by atoms with Crippen LogP contribution in [0.2, 0.25) is 5.02 Å². The lowest BCUT2D eigenvalue weighted by Gasteiger charge is -2.28. The average Bonchev–Trinajstić information content (AvgIpc) is 3.01. The number of Topliss-reactive ketones (excluding diaryl/α,β-unsaturated/α-hetero) is 1. The van der Waals surface area contributed by atoms with E-state index in [0.717, 1.165) is 0 Å². The van der Waals surface area contributed by atoms with Gasteiger partial charge in [0.2, 0.25) is 0 Å². The number of hydrogen-bond donors (Lipinski definition) is 1. The molecular formula is C23H25ClN2O5. The molecule has 0 spiro atoms. The molecule has 0 bridgehead atoms. The summed E-state index contributed by atoms with van der Waals surface area (Å²) in [4.78, 5) is 29.4. The Balaban J connectivity index is 2.23. The van der Waals surface area contributed by atoms with Gasteiger partial charge in [0.1, 0.15) is 5.76 Å². The van der Waals surface area contributed by atoms with E-state index < -0.39 is 17.7 Å². The summed E-state index contributed by atoms with van der Waals surface area (Å²) in [6.45, 7) is 0.830. The van der Waals surface area contributed by atoms with Gasteiger partial charge in [-0.1, -0.05) is 23.7 Å². The molecule has 1 aliphatic rings. The van der Waals surface area contributed by atoms with E-state index in [1.54, 1.807) is 42.5 Å². The molecule has 8 heteroatoms. The summed E-state index contributed by atoms with van der Waals surface area (Å²) in [5.74, 6) is -0.830. The van der Waals surface area contributed by atoms with E-state index in [1.807, 2.05) is 19.0 Å². The summed E-state index contributed by atoms with van der Waals surface area (Å²) < 4.78 is 11.0. The highest BCUT2D eigenvalue weighted by Crippen LogP contribution is 2.45. The number of carbonyl (C=O) groups is 2. The van der Waals surface area contributed by atoms with Crippen molar-refractivity contribution >= 4 is 29.1 Å². The van der Waals surface area contributed by atoms with Crippen LogP contribution in [-0.4, -0.2) is 68.0 Å². The fourth-order valence-corrected chi connectivity index (χ4v) is 3.76. The number of ether oxygens (including phenoxy) is 2. The van der Waals surface area contributed by atoms with Crippen LogP contribution in [0, 0.1) is 0 Å². The Morgan fingerprint density at radius 1 is 1.10 bits per heavy atom. The van der Waals surface area contributed by atoms with Crippen molar-refractivity contribution in [2.45, 2.75) is 6.04 Å². The first kappa shape index (κ1) is 22.7. The zero-order valence-electron chi connectivity index (χ0n) is 17.9. The minimum Gasteiger partial charge on any atom is -0.507 e. The Morgan fingerprint density at radius 3 is 2.35 bits per heavy atom. The molecule has 1 aliphatic heterocycles. The monoisotopic (exact) mass is 444 g/mol. The van der Waals surface area contributed by atoms with Gasteiger partial charge in [0.15, 0.2) is 11.5 Å². The number of amides is 1. The largest absolute Gasteiger partial charge is 0.507 e. The average molecular weight is 445 g/mol. The summed E-state index contributed by atoms with van der Waals surface area (Å²) in [5, 5.41) is 11.6. The van der Waals surface area contributed by atoms with E-state index >= 15 is 0 Å². The molecule has 1 saturated heterocycles. The van der Waals surface area contributed by atoms with Crippen molar-refractivity contribution in [1.82, 2.24) is 9.80 Å². The molecule has 0 aromatic heterocycles. The second kappa shape index (κ2) is 9.41. The normalized spacial score (nSPS) is 18.0. The van der Waals surface area contributed by atoms with Crippen LogP contribution in [0.1, 0.15) is 17.2 Å². The van der Waals surface area contributed by atoms with Gasteiger partial charge in [-0.2, -0.15) is 0 Å². The van der Waals surface area contributed by atoms with Gasteiger partial charge in [-0.3, -0.25) is 9.59 Å². The third-order valence-corrected chi connectivity index (χ3v) is 5.43. The molecule has 1 atom stereocenters. The highest BCUT2D eigenvalue weighted by atomic mass is 35.5. The van der Waals surface area contributed by atoms with E-state index in [9.17, 15) is 14.7 Å². The van der Waals surface area contributed by atoms with E-state index in [2.05, 4.69) is 0 Å². The van der Waals surface area contributed by atoms with Crippen molar-refractivity contribution in [1.29, 1.82) is 0 Å². The molecule has 1 heterocycles. The van der Waals surface area contributed by atoms with Crippen LogP contribution in [0.15, 0.2) is 48.0 Å². The molecule has 0 radical (unpaired) electrons. The number of halogens is 1. The quantitative estimate of drug-likeness (QED) is 0.401. The number of methoxy groups -OCH3 is 2. The minimum absolute atomic E-state index is 0.00219. The van der Waals surface area contributed by atoms with Gasteiger partial charge in [-0.05, 0) is 44.4 Å². The topological polar surface area (TPSA) is 79.3 Å². The maximum atomic E-state index is 13.1. The van der Waals surface area contributed by atoms with Crippen molar-refractivity contribution < 1.29 is 24.2 Å². The van der Waals surface area contributed by atoms with Gasteiger partial charge in [-0.25, -0.2) is 0 Å². The van der Waals surface area contributed by atoms with Crippen molar-refractivity contribution in [3.05, 3.63) is 64.2 Å². The van der Waals surface area contributed by atoms with Gasteiger partial charge in [0.25, 0.3) is 11.7 Å². The van der Waals surface area contributed by atoms with Crippen LogP contribution < -0.4 is 9.47 Å². The number of rotatable bonds is 7. The number of benzene rings is 2. The van der Waals surface area contributed by atoms with Gasteiger partial charge in [-0.15, -0.1) is 0 Å². The van der Waals surface area contributed by atoms with E-state index in [0.29, 0.717) is 40.7 Å². The SMILES string of the molecule is COc1cccc([C@H]2/C(=C(\O)c3ccc(Cl)cc3)C(=O)C(=O)N2CCN(C)C)c1OC. The fourth-order valence-electron chi connectivity index (χ4n) is 3.63. The lowest BCUT2D eigenvalue weighted by atomic mass is 9.94. The molecule has 7 nitrogen and oxygen atoms in total. The predicted molar refractivity (Wildman–Crippen MR) is 119 cm³/mol. The molecule has 0 saturated carbocycles. The standard InChI is InChI=1S/C23H25ClN2O5/c1-25(2)12-13-26-19(16-6-5-7-17(30-3)22(16)31-4)18(21(28)23(26)29)20(27)14-8-10-15(24)11-9-14/h5-11,19,27H,12-13H2,1-4H3/b20-18+/t19-/m0/s1. The molecule has 2 aromatic carbocycles. The van der Waals surface area contributed by atoms with Crippen LogP contribution in [0.4, 0.5) is 0 Å². The van der Waals surface area contributed by atoms with Gasteiger partial charge in [0, 0.05) is 29.2 Å². The number of hydrogen-bond acceptors (Lipinski definition) is 6. The van der Waals surface area contributed by atoms with E-state index in [4.69, 9.17) is 21.1 Å². The highest BCUT2D eigenvalue weighted by molar-refractivity contribution is 6.46. The Morgan fingerprint density at radius 2 is 1.77 bits per heavy atom. The molecule has 2 aromatic rings. The maximum absolute atomic E-state index is 13.1. The summed E-state index contributed by atoms with van der Waals surface area (Å²) in [6, 6.07) is 10.8. The Labute approximate surface area is 186 Å².